The first kappa shape index (κ1) is 14.8. The Morgan fingerprint density at radius 2 is 1.70 bits per heavy atom. The second-order valence-corrected chi connectivity index (χ2v) is 5.63. The molecule has 3 aromatic rings. The predicted molar refractivity (Wildman–Crippen MR) is 94.5 cm³/mol. The molecule has 0 aliphatic carbocycles. The molecule has 5 nitrogen and oxygen atoms in total. The van der Waals surface area contributed by atoms with Crippen molar-refractivity contribution >= 4 is 33.5 Å². The second kappa shape index (κ2) is 5.61. The number of nitrogens with zero attached hydrogens (tertiary/aromatic N) is 2. The maximum absolute atomic E-state index is 10.3. The van der Waals surface area contributed by atoms with Crippen LogP contribution in [0.3, 0.4) is 0 Å². The Bertz CT molecular complexity index is 932. The molecule has 3 rings (SSSR count). The van der Waals surface area contributed by atoms with Crippen LogP contribution in [0.15, 0.2) is 52.7 Å². The molecule has 0 saturated carbocycles. The molecule has 0 heterocycles. The van der Waals surface area contributed by atoms with Crippen molar-refractivity contribution in [3.8, 4) is 5.75 Å². The molecule has 0 atom stereocenters. The summed E-state index contributed by atoms with van der Waals surface area (Å²) in [5.74, 6) is 0.148. The van der Waals surface area contributed by atoms with Crippen molar-refractivity contribution in [1.82, 2.24) is 0 Å². The fourth-order valence-corrected chi connectivity index (χ4v) is 2.59. The van der Waals surface area contributed by atoms with Crippen LogP contribution in [0.4, 0.5) is 22.7 Å². The van der Waals surface area contributed by atoms with Crippen molar-refractivity contribution < 1.29 is 5.11 Å². The quantitative estimate of drug-likeness (QED) is 0.471. The van der Waals surface area contributed by atoms with Gasteiger partial charge in [0.25, 0.3) is 0 Å². The van der Waals surface area contributed by atoms with E-state index in [0.717, 1.165) is 16.5 Å². The van der Waals surface area contributed by atoms with E-state index < -0.39 is 0 Å². The third kappa shape index (κ3) is 2.81. The lowest BCUT2D eigenvalue weighted by Crippen LogP contribution is -1.88. The molecule has 0 bridgehead atoms. The zero-order valence-corrected chi connectivity index (χ0v) is 13.0. The van der Waals surface area contributed by atoms with Gasteiger partial charge in [-0.1, -0.05) is 12.1 Å². The molecule has 0 saturated heterocycles. The summed E-state index contributed by atoms with van der Waals surface area (Å²) in [6, 6.07) is 12.7. The molecule has 116 valence electrons. The molecule has 0 radical (unpaired) electrons. The fourth-order valence-electron chi connectivity index (χ4n) is 2.59. The van der Waals surface area contributed by atoms with E-state index in [1.54, 1.807) is 24.3 Å². The lowest BCUT2D eigenvalue weighted by Gasteiger charge is -2.08. The van der Waals surface area contributed by atoms with Gasteiger partial charge in [0.05, 0.1) is 16.8 Å². The summed E-state index contributed by atoms with van der Waals surface area (Å²) in [7, 11) is 0. The monoisotopic (exact) mass is 306 g/mol. The van der Waals surface area contributed by atoms with Crippen LogP contribution < -0.4 is 11.5 Å². The van der Waals surface area contributed by atoms with Crippen molar-refractivity contribution in [1.29, 1.82) is 0 Å². The molecule has 23 heavy (non-hydrogen) atoms. The van der Waals surface area contributed by atoms with Crippen molar-refractivity contribution in [2.75, 3.05) is 11.5 Å². The van der Waals surface area contributed by atoms with E-state index >= 15 is 0 Å². The zero-order chi connectivity index (χ0) is 16.6. The van der Waals surface area contributed by atoms with Gasteiger partial charge < -0.3 is 16.6 Å². The van der Waals surface area contributed by atoms with Gasteiger partial charge in [-0.05, 0) is 60.7 Å². The number of azo groups is 1. The van der Waals surface area contributed by atoms with Gasteiger partial charge in [-0.3, -0.25) is 0 Å². The lowest BCUT2D eigenvalue weighted by molar-refractivity contribution is 0.481. The summed E-state index contributed by atoms with van der Waals surface area (Å²) >= 11 is 0. The minimum atomic E-state index is 0.148. The van der Waals surface area contributed by atoms with Crippen LogP contribution in [0.2, 0.25) is 0 Å². The Balaban J connectivity index is 2.16. The molecule has 0 amide bonds. The van der Waals surface area contributed by atoms with Gasteiger partial charge in [0.2, 0.25) is 0 Å². The normalized spacial score (nSPS) is 11.4. The summed E-state index contributed by atoms with van der Waals surface area (Å²) in [6.07, 6.45) is 0. The number of benzene rings is 3. The number of hydrogen-bond donors (Lipinski definition) is 3. The topological polar surface area (TPSA) is 97.0 Å². The SMILES string of the molecule is Cc1cc(O)c2c(N=Nc3ccc(N)cc3C)c(N)ccc2c1. The van der Waals surface area contributed by atoms with Gasteiger partial charge in [0.15, 0.2) is 0 Å². The summed E-state index contributed by atoms with van der Waals surface area (Å²) < 4.78 is 0. The number of phenolic OH excluding ortho intramolecular Hbond substituents is 1. The highest BCUT2D eigenvalue weighted by molar-refractivity contribution is 6.02. The van der Waals surface area contributed by atoms with Crippen LogP contribution in [-0.4, -0.2) is 5.11 Å². The molecule has 0 spiro atoms. The highest BCUT2D eigenvalue weighted by atomic mass is 16.3. The first-order chi connectivity index (χ1) is 11.0. The predicted octanol–water partition coefficient (Wildman–Crippen LogP) is 4.74. The number of anilines is 2. The van der Waals surface area contributed by atoms with E-state index in [1.165, 1.54) is 0 Å². The number of rotatable bonds is 2. The standard InChI is InChI=1S/C18H18N4O/c1-10-7-12-3-5-14(20)18(17(12)16(23)8-10)22-21-15-6-4-13(19)9-11(15)2/h3-9,23H,19-20H2,1-2H3. The smallest absolute Gasteiger partial charge is 0.125 e. The number of aromatic hydroxyl groups is 1. The van der Waals surface area contributed by atoms with E-state index in [4.69, 9.17) is 11.5 Å². The average molecular weight is 306 g/mol. The van der Waals surface area contributed by atoms with Crippen molar-refractivity contribution in [2.24, 2.45) is 10.2 Å². The molecule has 0 aliphatic heterocycles. The fraction of sp³-hybridized carbons (Fsp3) is 0.111. The summed E-state index contributed by atoms with van der Waals surface area (Å²) in [6.45, 7) is 3.84. The van der Waals surface area contributed by atoms with E-state index in [2.05, 4.69) is 10.2 Å². The van der Waals surface area contributed by atoms with Crippen molar-refractivity contribution in [2.45, 2.75) is 13.8 Å². The first-order valence-electron chi connectivity index (χ1n) is 7.25. The minimum absolute atomic E-state index is 0.148. The lowest BCUT2D eigenvalue weighted by atomic mass is 10.0. The number of nitrogen functional groups attached to an aromatic ring is 2. The van der Waals surface area contributed by atoms with Gasteiger partial charge >= 0.3 is 0 Å². The van der Waals surface area contributed by atoms with Crippen molar-refractivity contribution in [3.63, 3.8) is 0 Å². The average Bonchev–Trinajstić information content (AvgIpc) is 2.48. The highest BCUT2D eigenvalue weighted by Gasteiger charge is 2.10. The van der Waals surface area contributed by atoms with E-state index in [-0.39, 0.29) is 5.75 Å². The third-order valence-electron chi connectivity index (χ3n) is 3.72. The van der Waals surface area contributed by atoms with Gasteiger partial charge in [-0.2, -0.15) is 5.11 Å². The van der Waals surface area contributed by atoms with Crippen LogP contribution in [0.1, 0.15) is 11.1 Å². The molecule has 0 aromatic heterocycles. The summed E-state index contributed by atoms with van der Waals surface area (Å²) in [5.41, 5.74) is 16.0. The van der Waals surface area contributed by atoms with Gasteiger partial charge in [0.1, 0.15) is 11.4 Å². The number of fused-ring (bicyclic) bond motifs is 1. The maximum atomic E-state index is 10.3. The van der Waals surface area contributed by atoms with Gasteiger partial charge in [0, 0.05) is 5.69 Å². The Kier molecular flexibility index (Phi) is 3.62. The van der Waals surface area contributed by atoms with Crippen LogP contribution in [0.25, 0.3) is 10.8 Å². The van der Waals surface area contributed by atoms with E-state index in [0.29, 0.717) is 28.1 Å². The minimum Gasteiger partial charge on any atom is -0.507 e. The van der Waals surface area contributed by atoms with Crippen LogP contribution in [0.5, 0.6) is 5.75 Å². The zero-order valence-electron chi connectivity index (χ0n) is 13.0. The van der Waals surface area contributed by atoms with Crippen LogP contribution in [0, 0.1) is 13.8 Å². The van der Waals surface area contributed by atoms with Crippen LogP contribution >= 0.6 is 0 Å². The molecule has 0 aliphatic rings. The van der Waals surface area contributed by atoms with Crippen LogP contribution in [-0.2, 0) is 0 Å². The number of aryl methyl sites for hydroxylation is 2. The first-order valence-corrected chi connectivity index (χ1v) is 7.25. The van der Waals surface area contributed by atoms with E-state index in [1.807, 2.05) is 32.0 Å². The Labute approximate surface area is 134 Å². The second-order valence-electron chi connectivity index (χ2n) is 5.63. The Morgan fingerprint density at radius 1 is 0.913 bits per heavy atom. The van der Waals surface area contributed by atoms with Gasteiger partial charge in [-0.15, -0.1) is 5.11 Å². The molecule has 3 aromatic carbocycles. The molecule has 0 unspecified atom stereocenters. The largest absolute Gasteiger partial charge is 0.507 e. The molecule has 0 fully saturated rings. The van der Waals surface area contributed by atoms with Gasteiger partial charge in [-0.25, -0.2) is 0 Å². The number of phenols is 1. The molecular formula is C18H18N4O. The molecular weight excluding hydrogens is 288 g/mol. The Morgan fingerprint density at radius 3 is 2.43 bits per heavy atom. The van der Waals surface area contributed by atoms with E-state index in [9.17, 15) is 5.11 Å². The molecule has 5 heteroatoms. The van der Waals surface area contributed by atoms with Crippen molar-refractivity contribution in [3.05, 3.63) is 53.6 Å². The highest BCUT2D eigenvalue weighted by Crippen LogP contribution is 2.39. The maximum Gasteiger partial charge on any atom is 0.125 e. The molecule has 5 N–H and O–H groups in total. The Hall–Kier alpha value is -3.08. The number of nitrogens with two attached hydrogens (primary N) is 2. The summed E-state index contributed by atoms with van der Waals surface area (Å²) in [4.78, 5) is 0. The third-order valence-corrected chi connectivity index (χ3v) is 3.72. The number of hydrogen-bond acceptors (Lipinski definition) is 5. The summed E-state index contributed by atoms with van der Waals surface area (Å²) in [5, 5.41) is 20.3.